The third kappa shape index (κ3) is 3.04. The molecule has 1 aromatic heterocycles. The maximum Gasteiger partial charge on any atom is 0.111 e. The van der Waals surface area contributed by atoms with Crippen molar-refractivity contribution in [3.63, 3.8) is 0 Å². The largest absolute Gasteiger partial charge is 0.388 e. The lowest BCUT2D eigenvalue weighted by atomic mass is 9.96. The van der Waals surface area contributed by atoms with E-state index in [1.807, 2.05) is 44.4 Å². The van der Waals surface area contributed by atoms with E-state index in [1.54, 1.807) is 0 Å². The van der Waals surface area contributed by atoms with Crippen LogP contribution in [0.2, 0.25) is 0 Å². The van der Waals surface area contributed by atoms with Gasteiger partial charge in [-0.25, -0.2) is 4.98 Å². The van der Waals surface area contributed by atoms with E-state index in [0.717, 1.165) is 35.5 Å². The van der Waals surface area contributed by atoms with Crippen molar-refractivity contribution in [2.45, 2.75) is 46.3 Å². The molecule has 2 rings (SSSR count). The topological polar surface area (TPSA) is 38.0 Å². The molecule has 0 aliphatic rings. The van der Waals surface area contributed by atoms with Crippen LogP contribution in [0.1, 0.15) is 42.0 Å². The third-order valence-electron chi connectivity index (χ3n) is 3.52. The van der Waals surface area contributed by atoms with E-state index in [4.69, 9.17) is 0 Å². The van der Waals surface area contributed by atoms with Crippen LogP contribution in [0.5, 0.6) is 0 Å². The number of aryl methyl sites for hydroxylation is 3. The van der Waals surface area contributed by atoms with E-state index >= 15 is 0 Å². The van der Waals surface area contributed by atoms with Crippen molar-refractivity contribution in [1.82, 2.24) is 9.55 Å². The third-order valence-corrected chi connectivity index (χ3v) is 3.52. The van der Waals surface area contributed by atoms with Gasteiger partial charge < -0.3 is 9.67 Å². The molecule has 3 heteroatoms. The Morgan fingerprint density at radius 3 is 2.58 bits per heavy atom. The molecule has 1 heterocycles. The predicted molar refractivity (Wildman–Crippen MR) is 77.1 cm³/mol. The average molecular weight is 258 g/mol. The summed E-state index contributed by atoms with van der Waals surface area (Å²) in [6.45, 7) is 7.19. The number of hydrogen-bond donors (Lipinski definition) is 1. The molecule has 19 heavy (non-hydrogen) atoms. The molecule has 0 saturated carbocycles. The van der Waals surface area contributed by atoms with Crippen LogP contribution >= 0.6 is 0 Å². The Bertz CT molecular complexity index is 525. The molecule has 0 bridgehead atoms. The minimum Gasteiger partial charge on any atom is -0.388 e. The zero-order chi connectivity index (χ0) is 13.8. The van der Waals surface area contributed by atoms with Gasteiger partial charge in [-0.15, -0.1) is 0 Å². The molecule has 0 aliphatic heterocycles. The molecule has 0 aliphatic carbocycles. The fourth-order valence-electron chi connectivity index (χ4n) is 2.60. The quantitative estimate of drug-likeness (QED) is 0.894. The first kappa shape index (κ1) is 13.8. The van der Waals surface area contributed by atoms with E-state index in [2.05, 4.69) is 16.5 Å². The van der Waals surface area contributed by atoms with Crippen LogP contribution in [0.3, 0.4) is 0 Å². The zero-order valence-electron chi connectivity index (χ0n) is 11.9. The van der Waals surface area contributed by atoms with Gasteiger partial charge in [-0.05, 0) is 37.0 Å². The number of aliphatic hydroxyl groups excluding tert-OH is 1. The van der Waals surface area contributed by atoms with Gasteiger partial charge in [0.2, 0.25) is 0 Å². The van der Waals surface area contributed by atoms with Gasteiger partial charge in [0, 0.05) is 25.4 Å². The SMILES string of the molecule is CCCn1ccnc1CC(O)c1c(C)cccc1C. The molecule has 2 aromatic rings. The summed E-state index contributed by atoms with van der Waals surface area (Å²) in [5, 5.41) is 10.5. The van der Waals surface area contributed by atoms with Crippen LogP contribution < -0.4 is 0 Å². The molecule has 0 radical (unpaired) electrons. The van der Waals surface area contributed by atoms with Crippen molar-refractivity contribution in [1.29, 1.82) is 0 Å². The Balaban J connectivity index is 2.21. The Morgan fingerprint density at radius 1 is 1.26 bits per heavy atom. The average Bonchev–Trinajstić information content (AvgIpc) is 2.77. The van der Waals surface area contributed by atoms with Crippen molar-refractivity contribution < 1.29 is 5.11 Å². The second kappa shape index (κ2) is 6.02. The van der Waals surface area contributed by atoms with Gasteiger partial charge in [0.05, 0.1) is 6.10 Å². The predicted octanol–water partition coefficient (Wildman–Crippen LogP) is 3.19. The van der Waals surface area contributed by atoms with Gasteiger partial charge in [0.1, 0.15) is 5.82 Å². The van der Waals surface area contributed by atoms with Crippen LogP contribution in [-0.4, -0.2) is 14.7 Å². The van der Waals surface area contributed by atoms with Crippen LogP contribution in [0.15, 0.2) is 30.6 Å². The summed E-state index contributed by atoms with van der Waals surface area (Å²) in [6, 6.07) is 6.12. The molecular weight excluding hydrogens is 236 g/mol. The Labute approximate surface area is 114 Å². The minimum atomic E-state index is -0.487. The molecule has 3 nitrogen and oxygen atoms in total. The van der Waals surface area contributed by atoms with Crippen LogP contribution in [0.4, 0.5) is 0 Å². The monoisotopic (exact) mass is 258 g/mol. The highest BCUT2D eigenvalue weighted by Crippen LogP contribution is 2.24. The van der Waals surface area contributed by atoms with Crippen molar-refractivity contribution in [2.24, 2.45) is 0 Å². The van der Waals surface area contributed by atoms with E-state index in [-0.39, 0.29) is 0 Å². The summed E-state index contributed by atoms with van der Waals surface area (Å²) in [5.74, 6) is 0.956. The summed E-state index contributed by atoms with van der Waals surface area (Å²) in [6.07, 6.45) is 4.94. The van der Waals surface area contributed by atoms with Crippen LogP contribution in [0, 0.1) is 13.8 Å². The molecule has 0 amide bonds. The van der Waals surface area contributed by atoms with Gasteiger partial charge in [0.25, 0.3) is 0 Å². The van der Waals surface area contributed by atoms with E-state index in [1.165, 1.54) is 0 Å². The Morgan fingerprint density at radius 2 is 1.95 bits per heavy atom. The van der Waals surface area contributed by atoms with Gasteiger partial charge in [-0.1, -0.05) is 25.1 Å². The van der Waals surface area contributed by atoms with Gasteiger partial charge in [0.15, 0.2) is 0 Å². The number of imidazole rings is 1. The summed E-state index contributed by atoms with van der Waals surface area (Å²) in [7, 11) is 0. The summed E-state index contributed by atoms with van der Waals surface area (Å²) < 4.78 is 2.12. The normalized spacial score (nSPS) is 12.6. The summed E-state index contributed by atoms with van der Waals surface area (Å²) >= 11 is 0. The maximum atomic E-state index is 10.5. The summed E-state index contributed by atoms with van der Waals surface area (Å²) in [5.41, 5.74) is 3.32. The fraction of sp³-hybridized carbons (Fsp3) is 0.438. The van der Waals surface area contributed by atoms with E-state index < -0.39 is 6.10 Å². The number of aliphatic hydroxyl groups is 1. The van der Waals surface area contributed by atoms with Gasteiger partial charge in [-0.3, -0.25) is 0 Å². The molecule has 0 spiro atoms. The number of nitrogens with zero attached hydrogens (tertiary/aromatic N) is 2. The second-order valence-corrected chi connectivity index (χ2v) is 5.06. The zero-order valence-corrected chi connectivity index (χ0v) is 11.9. The Kier molecular flexibility index (Phi) is 4.38. The van der Waals surface area contributed by atoms with Crippen molar-refractivity contribution >= 4 is 0 Å². The number of hydrogen-bond acceptors (Lipinski definition) is 2. The van der Waals surface area contributed by atoms with Crippen molar-refractivity contribution in [2.75, 3.05) is 0 Å². The fourth-order valence-corrected chi connectivity index (χ4v) is 2.60. The summed E-state index contributed by atoms with van der Waals surface area (Å²) in [4.78, 5) is 4.36. The number of aromatic nitrogens is 2. The first-order chi connectivity index (χ1) is 9.13. The molecule has 1 atom stereocenters. The van der Waals surface area contributed by atoms with Crippen LogP contribution in [0.25, 0.3) is 0 Å². The van der Waals surface area contributed by atoms with E-state index in [9.17, 15) is 5.11 Å². The van der Waals surface area contributed by atoms with E-state index in [0.29, 0.717) is 6.42 Å². The number of rotatable bonds is 5. The van der Waals surface area contributed by atoms with Crippen molar-refractivity contribution in [3.8, 4) is 0 Å². The van der Waals surface area contributed by atoms with Crippen molar-refractivity contribution in [3.05, 3.63) is 53.1 Å². The minimum absolute atomic E-state index is 0.487. The highest BCUT2D eigenvalue weighted by molar-refractivity contribution is 5.35. The highest BCUT2D eigenvalue weighted by Gasteiger charge is 2.16. The lowest BCUT2D eigenvalue weighted by molar-refractivity contribution is 0.173. The van der Waals surface area contributed by atoms with Gasteiger partial charge >= 0.3 is 0 Å². The molecule has 1 unspecified atom stereocenters. The molecule has 1 N–H and O–H groups in total. The molecule has 1 aromatic carbocycles. The number of benzene rings is 1. The first-order valence-corrected chi connectivity index (χ1v) is 6.87. The Hall–Kier alpha value is -1.61. The molecular formula is C16H22N2O. The highest BCUT2D eigenvalue weighted by atomic mass is 16.3. The lowest BCUT2D eigenvalue weighted by Gasteiger charge is -2.17. The standard InChI is InChI=1S/C16H22N2O/c1-4-9-18-10-8-17-15(18)11-14(19)16-12(2)6-5-7-13(16)3/h5-8,10,14,19H,4,9,11H2,1-3H3. The maximum absolute atomic E-state index is 10.5. The smallest absolute Gasteiger partial charge is 0.111 e. The van der Waals surface area contributed by atoms with Crippen LogP contribution in [-0.2, 0) is 13.0 Å². The molecule has 0 fully saturated rings. The lowest BCUT2D eigenvalue weighted by Crippen LogP contribution is -2.11. The second-order valence-electron chi connectivity index (χ2n) is 5.06. The first-order valence-electron chi connectivity index (χ1n) is 6.87. The molecule has 0 saturated heterocycles. The van der Waals surface area contributed by atoms with Gasteiger partial charge in [-0.2, -0.15) is 0 Å². The molecule has 102 valence electrons.